The van der Waals surface area contributed by atoms with Crippen molar-refractivity contribution in [2.75, 3.05) is 46.8 Å². The van der Waals surface area contributed by atoms with E-state index in [-0.39, 0.29) is 0 Å². The molecule has 2 atom stereocenters. The van der Waals surface area contributed by atoms with Crippen molar-refractivity contribution in [3.63, 3.8) is 0 Å². The van der Waals surface area contributed by atoms with Crippen LogP contribution < -0.4 is 5.32 Å². The largest absolute Gasteiger partial charge is 0.317 e. The number of nitrogens with one attached hydrogen (secondary N) is 1. The number of hydrogen-bond donors (Lipinski definition) is 1. The average molecular weight is 253 g/mol. The first-order valence-electron chi connectivity index (χ1n) is 7.76. The van der Waals surface area contributed by atoms with Crippen LogP contribution in [0.25, 0.3) is 0 Å². The number of rotatable bonds is 5. The monoisotopic (exact) mass is 253 g/mol. The maximum Gasteiger partial charge on any atom is 0.0254 e. The summed E-state index contributed by atoms with van der Waals surface area (Å²) in [6.45, 7) is 8.79. The molecule has 18 heavy (non-hydrogen) atoms. The molecule has 0 aromatic heterocycles. The molecule has 3 heteroatoms. The first kappa shape index (κ1) is 14.3. The standard InChI is InChI=1S/C15H31N3/c1-13-11-18(12-15(13)17(2)3)10-4-5-14-6-8-16-9-7-14/h13-16H,4-12H2,1-3H3. The maximum atomic E-state index is 3.45. The second kappa shape index (κ2) is 6.88. The molecule has 2 rings (SSSR count). The van der Waals surface area contributed by atoms with Gasteiger partial charge in [0.15, 0.2) is 0 Å². The van der Waals surface area contributed by atoms with E-state index < -0.39 is 0 Å². The summed E-state index contributed by atoms with van der Waals surface area (Å²) in [6.07, 6.45) is 5.64. The van der Waals surface area contributed by atoms with Gasteiger partial charge in [-0.1, -0.05) is 6.92 Å². The minimum Gasteiger partial charge on any atom is -0.317 e. The van der Waals surface area contributed by atoms with E-state index in [0.717, 1.165) is 17.9 Å². The number of piperidine rings is 1. The van der Waals surface area contributed by atoms with E-state index >= 15 is 0 Å². The predicted molar refractivity (Wildman–Crippen MR) is 77.9 cm³/mol. The van der Waals surface area contributed by atoms with Crippen molar-refractivity contribution in [3.05, 3.63) is 0 Å². The molecule has 2 aliphatic rings. The first-order chi connectivity index (χ1) is 8.66. The van der Waals surface area contributed by atoms with Crippen LogP contribution in [0.5, 0.6) is 0 Å². The van der Waals surface area contributed by atoms with Crippen molar-refractivity contribution in [3.8, 4) is 0 Å². The molecule has 2 aliphatic heterocycles. The molecule has 0 saturated carbocycles. The normalized spacial score (nSPS) is 31.3. The summed E-state index contributed by atoms with van der Waals surface area (Å²) in [5, 5.41) is 3.45. The molecule has 0 spiro atoms. The highest BCUT2D eigenvalue weighted by Gasteiger charge is 2.30. The Morgan fingerprint density at radius 2 is 1.89 bits per heavy atom. The molecule has 0 amide bonds. The van der Waals surface area contributed by atoms with Crippen molar-refractivity contribution in [2.45, 2.75) is 38.6 Å². The third-order valence-corrected chi connectivity index (χ3v) is 4.86. The maximum absolute atomic E-state index is 3.45. The van der Waals surface area contributed by atoms with Gasteiger partial charge in [-0.2, -0.15) is 0 Å². The number of hydrogen-bond acceptors (Lipinski definition) is 3. The number of likely N-dealkylation sites (tertiary alicyclic amines) is 1. The first-order valence-corrected chi connectivity index (χ1v) is 7.76. The Hall–Kier alpha value is -0.120. The van der Waals surface area contributed by atoms with Gasteiger partial charge in [-0.15, -0.1) is 0 Å². The zero-order valence-corrected chi connectivity index (χ0v) is 12.5. The third-order valence-electron chi connectivity index (χ3n) is 4.86. The van der Waals surface area contributed by atoms with Crippen molar-refractivity contribution >= 4 is 0 Å². The van der Waals surface area contributed by atoms with Gasteiger partial charge in [0.25, 0.3) is 0 Å². The summed E-state index contributed by atoms with van der Waals surface area (Å²) < 4.78 is 0. The summed E-state index contributed by atoms with van der Waals surface area (Å²) >= 11 is 0. The van der Waals surface area contributed by atoms with Crippen molar-refractivity contribution in [1.82, 2.24) is 15.1 Å². The fraction of sp³-hybridized carbons (Fsp3) is 1.00. The van der Waals surface area contributed by atoms with E-state index in [2.05, 4.69) is 36.1 Å². The lowest BCUT2D eigenvalue weighted by molar-refractivity contribution is 0.247. The lowest BCUT2D eigenvalue weighted by Gasteiger charge is -2.24. The molecule has 3 nitrogen and oxygen atoms in total. The highest BCUT2D eigenvalue weighted by molar-refractivity contribution is 4.86. The molecule has 2 heterocycles. The molecule has 0 aromatic carbocycles. The smallest absolute Gasteiger partial charge is 0.0254 e. The molecule has 0 bridgehead atoms. The van der Waals surface area contributed by atoms with Crippen LogP contribution in [0.3, 0.4) is 0 Å². The summed E-state index contributed by atoms with van der Waals surface area (Å²) in [5.41, 5.74) is 0. The van der Waals surface area contributed by atoms with Crippen LogP contribution in [0, 0.1) is 11.8 Å². The molecule has 2 unspecified atom stereocenters. The van der Waals surface area contributed by atoms with Crippen molar-refractivity contribution < 1.29 is 0 Å². The zero-order chi connectivity index (χ0) is 13.0. The molecule has 106 valence electrons. The van der Waals surface area contributed by atoms with Gasteiger partial charge in [0.1, 0.15) is 0 Å². The van der Waals surface area contributed by atoms with Crippen LogP contribution in [0.1, 0.15) is 32.6 Å². The highest BCUT2D eigenvalue weighted by atomic mass is 15.2. The van der Waals surface area contributed by atoms with E-state index in [1.807, 2.05) is 0 Å². The fourth-order valence-corrected chi connectivity index (χ4v) is 3.68. The average Bonchev–Trinajstić information content (AvgIpc) is 2.72. The van der Waals surface area contributed by atoms with E-state index in [4.69, 9.17) is 0 Å². The van der Waals surface area contributed by atoms with Gasteiger partial charge in [-0.25, -0.2) is 0 Å². The molecule has 0 aromatic rings. The van der Waals surface area contributed by atoms with Crippen LogP contribution in [0.4, 0.5) is 0 Å². The molecular formula is C15H31N3. The van der Waals surface area contributed by atoms with E-state index in [0.29, 0.717) is 0 Å². The summed E-state index contributed by atoms with van der Waals surface area (Å²) in [5.74, 6) is 1.83. The quantitative estimate of drug-likeness (QED) is 0.804. The van der Waals surface area contributed by atoms with Crippen LogP contribution in [0.2, 0.25) is 0 Å². The Morgan fingerprint density at radius 3 is 2.50 bits per heavy atom. The Bertz CT molecular complexity index is 236. The second-order valence-corrected chi connectivity index (χ2v) is 6.60. The lowest BCUT2D eigenvalue weighted by atomic mass is 9.93. The molecular weight excluding hydrogens is 222 g/mol. The van der Waals surface area contributed by atoms with Gasteiger partial charge in [0.05, 0.1) is 0 Å². The lowest BCUT2D eigenvalue weighted by Crippen LogP contribution is -2.34. The Kier molecular flexibility index (Phi) is 5.46. The Morgan fingerprint density at radius 1 is 1.17 bits per heavy atom. The zero-order valence-electron chi connectivity index (χ0n) is 12.5. The van der Waals surface area contributed by atoms with Gasteiger partial charge in [-0.05, 0) is 71.2 Å². The van der Waals surface area contributed by atoms with Gasteiger partial charge in [0.2, 0.25) is 0 Å². The van der Waals surface area contributed by atoms with Gasteiger partial charge >= 0.3 is 0 Å². The van der Waals surface area contributed by atoms with Crippen LogP contribution in [0.15, 0.2) is 0 Å². The van der Waals surface area contributed by atoms with Crippen molar-refractivity contribution in [2.24, 2.45) is 11.8 Å². The number of nitrogens with zero attached hydrogens (tertiary/aromatic N) is 2. The van der Waals surface area contributed by atoms with E-state index in [9.17, 15) is 0 Å². The second-order valence-electron chi connectivity index (χ2n) is 6.60. The Balaban J connectivity index is 1.62. The highest BCUT2D eigenvalue weighted by Crippen LogP contribution is 2.22. The van der Waals surface area contributed by atoms with E-state index in [1.54, 1.807) is 0 Å². The van der Waals surface area contributed by atoms with Gasteiger partial charge in [-0.3, -0.25) is 0 Å². The topological polar surface area (TPSA) is 18.5 Å². The molecule has 0 aliphatic carbocycles. The number of likely N-dealkylation sites (N-methyl/N-ethyl adjacent to an activating group) is 1. The molecule has 2 fully saturated rings. The van der Waals surface area contributed by atoms with Gasteiger partial charge in [0, 0.05) is 19.1 Å². The Labute approximate surface area is 113 Å². The summed E-state index contributed by atoms with van der Waals surface area (Å²) in [6, 6.07) is 0.767. The summed E-state index contributed by atoms with van der Waals surface area (Å²) in [4.78, 5) is 5.08. The minimum absolute atomic E-state index is 0.767. The molecule has 1 N–H and O–H groups in total. The van der Waals surface area contributed by atoms with Crippen LogP contribution in [-0.4, -0.2) is 62.7 Å². The predicted octanol–water partition coefficient (Wildman–Crippen LogP) is 1.65. The fourth-order valence-electron chi connectivity index (χ4n) is 3.68. The third kappa shape index (κ3) is 3.94. The van der Waals surface area contributed by atoms with Gasteiger partial charge < -0.3 is 15.1 Å². The SMILES string of the molecule is CC1CN(CCCC2CCNCC2)CC1N(C)C. The van der Waals surface area contributed by atoms with Crippen LogP contribution in [-0.2, 0) is 0 Å². The summed E-state index contributed by atoms with van der Waals surface area (Å²) in [7, 11) is 4.44. The van der Waals surface area contributed by atoms with Crippen molar-refractivity contribution in [1.29, 1.82) is 0 Å². The molecule has 2 saturated heterocycles. The van der Waals surface area contributed by atoms with Crippen LogP contribution >= 0.6 is 0 Å². The molecule has 0 radical (unpaired) electrons. The minimum atomic E-state index is 0.767. The van der Waals surface area contributed by atoms with E-state index in [1.165, 1.54) is 58.4 Å².